The molecule has 0 N–H and O–H groups in total. The van der Waals surface area contributed by atoms with Gasteiger partial charge in [-0.25, -0.2) is 4.98 Å². The SMILES string of the molecule is CCN1Cc2sc3ncn(CCN4CCN(c5cccc6ccccc56)CC4)c(=O)c3c2C1. The van der Waals surface area contributed by atoms with Crippen molar-refractivity contribution in [3.05, 3.63) is 69.6 Å². The molecule has 1 fully saturated rings. The number of thiophene rings is 1. The largest absolute Gasteiger partial charge is 0.368 e. The summed E-state index contributed by atoms with van der Waals surface area (Å²) in [7, 11) is 0. The monoisotopic (exact) mass is 459 g/mol. The van der Waals surface area contributed by atoms with E-state index in [0.29, 0.717) is 6.54 Å². The van der Waals surface area contributed by atoms with Gasteiger partial charge < -0.3 is 4.90 Å². The Hall–Kier alpha value is -2.74. The molecule has 6 rings (SSSR count). The Morgan fingerprint density at radius 1 is 0.939 bits per heavy atom. The van der Waals surface area contributed by atoms with E-state index in [2.05, 4.69) is 69.1 Å². The standard InChI is InChI=1S/C26H29N5OS/c1-2-28-16-21-23(17-28)33-25-24(21)26(32)31(18-27-25)15-12-29-10-13-30(14-11-29)22-9-5-7-19-6-3-4-8-20(19)22/h3-9,18H,2,10-17H2,1H3. The number of hydrogen-bond donors (Lipinski definition) is 0. The predicted molar refractivity (Wildman–Crippen MR) is 136 cm³/mol. The second kappa shape index (κ2) is 8.56. The fraction of sp³-hybridized carbons (Fsp3) is 0.385. The molecule has 1 saturated heterocycles. The maximum atomic E-state index is 13.3. The van der Waals surface area contributed by atoms with Crippen molar-refractivity contribution in [1.82, 2.24) is 19.4 Å². The van der Waals surface area contributed by atoms with Gasteiger partial charge in [0.1, 0.15) is 4.83 Å². The Morgan fingerprint density at radius 2 is 1.76 bits per heavy atom. The van der Waals surface area contributed by atoms with Gasteiger partial charge in [0, 0.05) is 68.3 Å². The maximum Gasteiger partial charge on any atom is 0.262 e. The average molecular weight is 460 g/mol. The Bertz CT molecular complexity index is 1360. The quantitative estimate of drug-likeness (QED) is 0.455. The Kier molecular flexibility index (Phi) is 5.40. The molecule has 0 atom stereocenters. The lowest BCUT2D eigenvalue weighted by atomic mass is 10.1. The van der Waals surface area contributed by atoms with Gasteiger partial charge >= 0.3 is 0 Å². The minimum Gasteiger partial charge on any atom is -0.368 e. The first-order valence-corrected chi connectivity index (χ1v) is 12.7. The summed E-state index contributed by atoms with van der Waals surface area (Å²) in [5, 5.41) is 3.47. The highest BCUT2D eigenvalue weighted by Gasteiger charge is 2.26. The summed E-state index contributed by atoms with van der Waals surface area (Å²) in [6.45, 7) is 10.6. The van der Waals surface area contributed by atoms with Gasteiger partial charge in [0.05, 0.1) is 11.7 Å². The van der Waals surface area contributed by atoms with Crippen molar-refractivity contribution in [3.63, 3.8) is 0 Å². The number of aromatic nitrogens is 2. The molecule has 0 unspecified atom stereocenters. The van der Waals surface area contributed by atoms with Crippen molar-refractivity contribution in [1.29, 1.82) is 0 Å². The smallest absolute Gasteiger partial charge is 0.262 e. The van der Waals surface area contributed by atoms with E-state index < -0.39 is 0 Å². The number of hydrogen-bond acceptors (Lipinski definition) is 6. The highest BCUT2D eigenvalue weighted by molar-refractivity contribution is 7.18. The van der Waals surface area contributed by atoms with Crippen molar-refractivity contribution in [2.45, 2.75) is 26.6 Å². The first kappa shape index (κ1) is 20.8. The summed E-state index contributed by atoms with van der Waals surface area (Å²) in [5.41, 5.74) is 2.67. The lowest BCUT2D eigenvalue weighted by Crippen LogP contribution is -2.47. The van der Waals surface area contributed by atoms with E-state index in [9.17, 15) is 4.79 Å². The molecular formula is C26H29N5OS. The highest BCUT2D eigenvalue weighted by atomic mass is 32.1. The second-order valence-corrected chi connectivity index (χ2v) is 10.1. The minimum atomic E-state index is 0.129. The van der Waals surface area contributed by atoms with E-state index in [4.69, 9.17) is 0 Å². The Morgan fingerprint density at radius 3 is 2.61 bits per heavy atom. The number of anilines is 1. The van der Waals surface area contributed by atoms with Gasteiger partial charge in [0.25, 0.3) is 5.56 Å². The van der Waals surface area contributed by atoms with Crippen molar-refractivity contribution < 1.29 is 0 Å². The van der Waals surface area contributed by atoms with Gasteiger partial charge in [-0.2, -0.15) is 0 Å². The molecule has 0 bridgehead atoms. The van der Waals surface area contributed by atoms with Crippen molar-refractivity contribution in [2.24, 2.45) is 0 Å². The first-order valence-electron chi connectivity index (χ1n) is 11.9. The molecule has 4 aromatic rings. The first-order chi connectivity index (χ1) is 16.2. The van der Waals surface area contributed by atoms with Crippen molar-refractivity contribution in [3.8, 4) is 0 Å². The zero-order valence-electron chi connectivity index (χ0n) is 19.0. The van der Waals surface area contributed by atoms with Crippen LogP contribution in [0.5, 0.6) is 0 Å². The number of nitrogens with zero attached hydrogens (tertiary/aromatic N) is 5. The van der Waals surface area contributed by atoms with E-state index in [0.717, 1.165) is 62.6 Å². The fourth-order valence-corrected chi connectivity index (χ4v) is 6.42. The molecule has 0 spiro atoms. The Labute approximate surface area is 197 Å². The summed E-state index contributed by atoms with van der Waals surface area (Å²) in [5.74, 6) is 0. The third kappa shape index (κ3) is 3.74. The molecule has 0 saturated carbocycles. The second-order valence-electron chi connectivity index (χ2n) is 9.06. The molecule has 0 amide bonds. The summed E-state index contributed by atoms with van der Waals surface area (Å²) >= 11 is 1.69. The van der Waals surface area contributed by atoms with Crippen LogP contribution in [0.3, 0.4) is 0 Å². The average Bonchev–Trinajstić information content (AvgIpc) is 3.41. The molecule has 33 heavy (non-hydrogen) atoms. The maximum absolute atomic E-state index is 13.3. The van der Waals surface area contributed by atoms with Crippen LogP contribution in [0.15, 0.2) is 53.6 Å². The van der Waals surface area contributed by atoms with Crippen molar-refractivity contribution >= 4 is 38.0 Å². The van der Waals surface area contributed by atoms with Gasteiger partial charge in [-0.1, -0.05) is 43.3 Å². The van der Waals surface area contributed by atoms with Gasteiger partial charge in [0.2, 0.25) is 0 Å². The lowest BCUT2D eigenvalue weighted by Gasteiger charge is -2.36. The van der Waals surface area contributed by atoms with Crippen LogP contribution in [0, 0.1) is 0 Å². The topological polar surface area (TPSA) is 44.6 Å². The summed E-state index contributed by atoms with van der Waals surface area (Å²) in [6, 6.07) is 15.2. The third-order valence-electron chi connectivity index (χ3n) is 7.19. The van der Waals surface area contributed by atoms with Gasteiger partial charge in [-0.3, -0.25) is 19.2 Å². The molecule has 0 radical (unpaired) electrons. The van der Waals surface area contributed by atoms with Crippen LogP contribution in [-0.2, 0) is 19.6 Å². The zero-order valence-corrected chi connectivity index (χ0v) is 19.9. The van der Waals surface area contributed by atoms with Crippen LogP contribution >= 0.6 is 11.3 Å². The number of piperazine rings is 1. The van der Waals surface area contributed by atoms with Crippen LogP contribution in [0.2, 0.25) is 0 Å². The third-order valence-corrected chi connectivity index (χ3v) is 8.32. The van der Waals surface area contributed by atoms with Crippen LogP contribution in [0.25, 0.3) is 21.0 Å². The lowest BCUT2D eigenvalue weighted by molar-refractivity contribution is 0.247. The van der Waals surface area contributed by atoms with E-state index in [-0.39, 0.29) is 5.56 Å². The number of benzene rings is 2. The van der Waals surface area contributed by atoms with Gasteiger partial charge in [-0.15, -0.1) is 11.3 Å². The normalized spacial score (nSPS) is 17.3. The molecule has 170 valence electrons. The number of rotatable bonds is 5. The van der Waals surface area contributed by atoms with E-state index >= 15 is 0 Å². The highest BCUT2D eigenvalue weighted by Crippen LogP contribution is 2.34. The van der Waals surface area contributed by atoms with Gasteiger partial charge in [0.15, 0.2) is 0 Å². The molecule has 7 heteroatoms. The van der Waals surface area contributed by atoms with Crippen LogP contribution < -0.4 is 10.5 Å². The fourth-order valence-electron chi connectivity index (χ4n) is 5.23. The van der Waals surface area contributed by atoms with E-state index in [1.165, 1.54) is 26.9 Å². The summed E-state index contributed by atoms with van der Waals surface area (Å²) < 4.78 is 1.82. The Balaban J connectivity index is 1.13. The zero-order chi connectivity index (χ0) is 22.4. The molecule has 2 aromatic heterocycles. The summed E-state index contributed by atoms with van der Waals surface area (Å²) in [6.07, 6.45) is 1.75. The van der Waals surface area contributed by atoms with Crippen LogP contribution in [-0.4, -0.2) is 58.6 Å². The molecule has 6 nitrogen and oxygen atoms in total. The van der Waals surface area contributed by atoms with Crippen LogP contribution in [0.1, 0.15) is 17.4 Å². The minimum absolute atomic E-state index is 0.129. The van der Waals surface area contributed by atoms with E-state index in [1.54, 1.807) is 17.7 Å². The van der Waals surface area contributed by atoms with Crippen LogP contribution in [0.4, 0.5) is 5.69 Å². The molecule has 4 heterocycles. The molecule has 2 aliphatic rings. The molecule has 0 aliphatic carbocycles. The number of fused-ring (bicyclic) bond motifs is 4. The summed E-state index contributed by atoms with van der Waals surface area (Å²) in [4.78, 5) is 27.5. The predicted octanol–water partition coefficient (Wildman–Crippen LogP) is 3.77. The van der Waals surface area contributed by atoms with E-state index in [1.807, 2.05) is 4.57 Å². The van der Waals surface area contributed by atoms with Gasteiger partial charge in [-0.05, 0) is 23.6 Å². The van der Waals surface area contributed by atoms with Crippen molar-refractivity contribution in [2.75, 3.05) is 44.2 Å². The molecular weight excluding hydrogens is 430 g/mol. The molecule has 2 aromatic carbocycles. The molecule has 2 aliphatic heterocycles.